The Morgan fingerprint density at radius 3 is 2.62 bits per heavy atom. The summed E-state index contributed by atoms with van der Waals surface area (Å²) in [6, 6.07) is 11.6. The molecule has 24 heavy (non-hydrogen) atoms. The van der Waals surface area contributed by atoms with Crippen LogP contribution < -0.4 is 5.73 Å². The van der Waals surface area contributed by atoms with E-state index in [1.165, 1.54) is 23.1 Å². The van der Waals surface area contributed by atoms with E-state index < -0.39 is 17.2 Å². The summed E-state index contributed by atoms with van der Waals surface area (Å²) in [5.74, 6) is -0.771. The van der Waals surface area contributed by atoms with Crippen molar-refractivity contribution >= 4 is 34.7 Å². The molecular weight excluding hydrogens is 366 g/mol. The smallest absolute Gasteiger partial charge is 0.241 e. The number of hydrogen-bond donors (Lipinski definition) is 1. The molecule has 0 amide bonds. The molecule has 1 aromatic heterocycles. The van der Waals surface area contributed by atoms with Crippen molar-refractivity contribution in [1.29, 1.82) is 5.26 Å². The SMILES string of the molecule is N#CC1=C(N)SC(c2cccs2)C([N+](=O)[O-])C1c1ccccc1Cl. The van der Waals surface area contributed by atoms with Crippen molar-refractivity contribution < 1.29 is 4.92 Å². The highest BCUT2D eigenvalue weighted by Gasteiger charge is 2.49. The molecule has 122 valence electrons. The van der Waals surface area contributed by atoms with Crippen molar-refractivity contribution in [1.82, 2.24) is 0 Å². The molecule has 2 N–H and O–H groups in total. The molecule has 0 bridgehead atoms. The van der Waals surface area contributed by atoms with E-state index >= 15 is 0 Å². The van der Waals surface area contributed by atoms with Gasteiger partial charge in [-0.3, -0.25) is 10.1 Å². The number of thiophene rings is 1. The van der Waals surface area contributed by atoms with E-state index in [9.17, 15) is 15.4 Å². The molecule has 5 nitrogen and oxygen atoms in total. The van der Waals surface area contributed by atoms with Gasteiger partial charge in [-0.05, 0) is 23.1 Å². The summed E-state index contributed by atoms with van der Waals surface area (Å²) in [5.41, 5.74) is 6.85. The van der Waals surface area contributed by atoms with Crippen molar-refractivity contribution in [3.8, 4) is 6.07 Å². The van der Waals surface area contributed by atoms with Crippen molar-refractivity contribution in [2.45, 2.75) is 17.2 Å². The number of nitrogens with two attached hydrogens (primary N) is 1. The van der Waals surface area contributed by atoms with Crippen LogP contribution in [0.1, 0.15) is 21.6 Å². The first-order chi connectivity index (χ1) is 11.5. The predicted molar refractivity (Wildman–Crippen MR) is 96.5 cm³/mol. The Bertz CT molecular complexity index is 845. The molecule has 3 atom stereocenters. The van der Waals surface area contributed by atoms with Gasteiger partial charge in [-0.15, -0.1) is 11.3 Å². The summed E-state index contributed by atoms with van der Waals surface area (Å²) in [5, 5.41) is 23.6. The number of nitrogens with zero attached hydrogens (tertiary/aromatic N) is 2. The number of benzene rings is 1. The van der Waals surface area contributed by atoms with E-state index in [4.69, 9.17) is 17.3 Å². The van der Waals surface area contributed by atoms with Crippen molar-refractivity contribution in [3.05, 3.63) is 78.0 Å². The average Bonchev–Trinajstić information content (AvgIpc) is 3.08. The standard InChI is InChI=1S/C16H12ClN3O2S2/c17-11-5-2-1-4-9(11)13-10(8-18)16(19)24-15(14(13)20(21)22)12-6-3-7-23-12/h1-7,13-15H,19H2. The minimum Gasteiger partial charge on any atom is -0.393 e. The molecule has 2 heterocycles. The predicted octanol–water partition coefficient (Wildman–Crippen LogP) is 4.31. The van der Waals surface area contributed by atoms with Crippen LogP contribution in [0, 0.1) is 21.4 Å². The van der Waals surface area contributed by atoms with Gasteiger partial charge < -0.3 is 5.73 Å². The molecule has 0 saturated carbocycles. The average molecular weight is 378 g/mol. The number of rotatable bonds is 3. The van der Waals surface area contributed by atoms with Crippen LogP contribution in [0.2, 0.25) is 5.02 Å². The van der Waals surface area contributed by atoms with E-state index in [0.717, 1.165) is 4.88 Å². The van der Waals surface area contributed by atoms with E-state index in [1.807, 2.05) is 17.5 Å². The highest BCUT2D eigenvalue weighted by atomic mass is 35.5. The Morgan fingerprint density at radius 1 is 1.29 bits per heavy atom. The second-order valence-corrected chi connectivity index (χ2v) is 7.79. The molecule has 3 rings (SSSR count). The van der Waals surface area contributed by atoms with Crippen molar-refractivity contribution in [2.75, 3.05) is 0 Å². The van der Waals surface area contributed by atoms with Crippen LogP contribution in [0.5, 0.6) is 0 Å². The first kappa shape index (κ1) is 16.8. The molecule has 0 spiro atoms. The molecule has 8 heteroatoms. The van der Waals surface area contributed by atoms with E-state index in [-0.39, 0.29) is 10.5 Å². The van der Waals surface area contributed by atoms with Gasteiger partial charge in [0.15, 0.2) is 0 Å². The Balaban J connectivity index is 2.21. The van der Waals surface area contributed by atoms with Crippen LogP contribution in [0.25, 0.3) is 0 Å². The van der Waals surface area contributed by atoms with Crippen LogP contribution in [0.3, 0.4) is 0 Å². The van der Waals surface area contributed by atoms with Gasteiger partial charge in [0, 0.05) is 14.8 Å². The Hall–Kier alpha value is -2.01. The normalized spacial score (nSPS) is 23.8. The lowest BCUT2D eigenvalue weighted by molar-refractivity contribution is -0.525. The van der Waals surface area contributed by atoms with Gasteiger partial charge in [0.05, 0.1) is 22.6 Å². The minimum absolute atomic E-state index is 0.211. The summed E-state index contributed by atoms with van der Waals surface area (Å²) >= 11 is 8.89. The maximum Gasteiger partial charge on any atom is 0.241 e. The zero-order valence-corrected chi connectivity index (χ0v) is 14.6. The molecule has 0 saturated heterocycles. The molecule has 0 radical (unpaired) electrons. The number of hydrogen-bond acceptors (Lipinski definition) is 6. The van der Waals surface area contributed by atoms with Crippen molar-refractivity contribution in [2.24, 2.45) is 5.73 Å². The zero-order valence-electron chi connectivity index (χ0n) is 12.3. The third-order valence-corrected chi connectivity index (χ3v) is 6.62. The van der Waals surface area contributed by atoms with Gasteiger partial charge in [0.2, 0.25) is 6.04 Å². The number of nitro groups is 1. The minimum atomic E-state index is -1.02. The van der Waals surface area contributed by atoms with Gasteiger partial charge in [0.25, 0.3) is 0 Å². The van der Waals surface area contributed by atoms with E-state index in [0.29, 0.717) is 15.6 Å². The lowest BCUT2D eigenvalue weighted by atomic mass is 9.83. The van der Waals surface area contributed by atoms with Crippen LogP contribution in [0.15, 0.2) is 52.4 Å². The fraction of sp³-hybridized carbons (Fsp3) is 0.188. The lowest BCUT2D eigenvalue weighted by Crippen LogP contribution is -2.37. The number of thioether (sulfide) groups is 1. The number of halogens is 1. The lowest BCUT2D eigenvalue weighted by Gasteiger charge is -2.32. The molecule has 0 aliphatic carbocycles. The van der Waals surface area contributed by atoms with Gasteiger partial charge in [-0.25, -0.2) is 0 Å². The third-order valence-electron chi connectivity index (χ3n) is 3.91. The monoisotopic (exact) mass is 377 g/mol. The summed E-state index contributed by atoms with van der Waals surface area (Å²) in [4.78, 5) is 12.4. The summed E-state index contributed by atoms with van der Waals surface area (Å²) in [7, 11) is 0. The fourth-order valence-electron chi connectivity index (χ4n) is 2.87. The van der Waals surface area contributed by atoms with Gasteiger partial charge >= 0.3 is 0 Å². The fourth-order valence-corrected chi connectivity index (χ4v) is 5.35. The second kappa shape index (κ2) is 6.85. The third kappa shape index (κ3) is 2.88. The molecular formula is C16H12ClN3O2S2. The molecule has 2 aromatic rings. The largest absolute Gasteiger partial charge is 0.393 e. The topological polar surface area (TPSA) is 93.0 Å². The highest BCUT2D eigenvalue weighted by Crippen LogP contribution is 2.52. The molecule has 3 unspecified atom stereocenters. The molecule has 1 aromatic carbocycles. The Labute approximate surface area is 151 Å². The summed E-state index contributed by atoms with van der Waals surface area (Å²) in [6.45, 7) is 0. The Kier molecular flexibility index (Phi) is 4.81. The Morgan fingerprint density at radius 2 is 2.04 bits per heavy atom. The van der Waals surface area contributed by atoms with E-state index in [2.05, 4.69) is 6.07 Å². The van der Waals surface area contributed by atoms with Crippen molar-refractivity contribution in [3.63, 3.8) is 0 Å². The maximum absolute atomic E-state index is 11.9. The van der Waals surface area contributed by atoms with Gasteiger partial charge in [0.1, 0.15) is 5.25 Å². The quantitative estimate of drug-likeness (QED) is 0.635. The maximum atomic E-state index is 11.9. The zero-order chi connectivity index (χ0) is 17.3. The number of nitriles is 1. The first-order valence-electron chi connectivity index (χ1n) is 7.02. The summed E-state index contributed by atoms with van der Waals surface area (Å²) in [6.07, 6.45) is 0. The molecule has 0 fully saturated rings. The molecule has 1 aliphatic rings. The second-order valence-electron chi connectivity index (χ2n) is 5.22. The molecule has 1 aliphatic heterocycles. The van der Waals surface area contributed by atoms with Crippen LogP contribution in [0.4, 0.5) is 0 Å². The van der Waals surface area contributed by atoms with Crippen LogP contribution >= 0.6 is 34.7 Å². The van der Waals surface area contributed by atoms with Crippen LogP contribution in [-0.4, -0.2) is 11.0 Å². The highest BCUT2D eigenvalue weighted by molar-refractivity contribution is 8.03. The van der Waals surface area contributed by atoms with Crippen LogP contribution in [-0.2, 0) is 0 Å². The van der Waals surface area contributed by atoms with Gasteiger partial charge in [-0.2, -0.15) is 5.26 Å². The van der Waals surface area contributed by atoms with Gasteiger partial charge in [-0.1, -0.05) is 47.6 Å². The summed E-state index contributed by atoms with van der Waals surface area (Å²) < 4.78 is 0. The van der Waals surface area contributed by atoms with E-state index in [1.54, 1.807) is 24.3 Å². The first-order valence-corrected chi connectivity index (χ1v) is 9.16.